The van der Waals surface area contributed by atoms with Gasteiger partial charge in [0.2, 0.25) is 0 Å². The number of aryl methyl sites for hydroxylation is 1. The van der Waals surface area contributed by atoms with E-state index in [1.165, 1.54) is 5.56 Å². The molecule has 112 valence electrons. The highest BCUT2D eigenvalue weighted by Gasteiger charge is 2.10. The molecule has 0 amide bonds. The van der Waals surface area contributed by atoms with E-state index < -0.39 is 0 Å². The molecule has 2 aromatic heterocycles. The van der Waals surface area contributed by atoms with Crippen molar-refractivity contribution in [2.75, 3.05) is 0 Å². The Balaban J connectivity index is 2.06. The van der Waals surface area contributed by atoms with Gasteiger partial charge in [0.15, 0.2) is 5.78 Å². The summed E-state index contributed by atoms with van der Waals surface area (Å²) in [5.74, 6) is 6.35. The number of carbonyl (C=O) groups excluding carboxylic acids is 1. The molecular weight excluding hydrogens is 284 g/mol. The molecule has 0 saturated carbocycles. The second kappa shape index (κ2) is 6.33. The van der Waals surface area contributed by atoms with E-state index in [4.69, 9.17) is 0 Å². The van der Waals surface area contributed by atoms with Crippen molar-refractivity contribution in [1.82, 2.24) is 9.55 Å². The Hall–Kier alpha value is -3.12. The summed E-state index contributed by atoms with van der Waals surface area (Å²) in [6.07, 6.45) is 5.29. The number of hydrogen-bond acceptors (Lipinski definition) is 2. The fraction of sp³-hybridized carbons (Fsp3) is 0.100. The van der Waals surface area contributed by atoms with Gasteiger partial charge in [0, 0.05) is 31.1 Å². The molecule has 3 nitrogen and oxygen atoms in total. The van der Waals surface area contributed by atoms with E-state index in [0.29, 0.717) is 5.69 Å². The van der Waals surface area contributed by atoms with Gasteiger partial charge in [-0.2, -0.15) is 0 Å². The number of rotatable bonds is 2. The zero-order valence-electron chi connectivity index (χ0n) is 13.1. The van der Waals surface area contributed by atoms with E-state index in [0.717, 1.165) is 16.8 Å². The van der Waals surface area contributed by atoms with E-state index in [1.807, 2.05) is 54.1 Å². The minimum atomic E-state index is 0.0180. The first kappa shape index (κ1) is 14.8. The number of pyridine rings is 1. The monoisotopic (exact) mass is 300 g/mol. The van der Waals surface area contributed by atoms with Crippen LogP contribution >= 0.6 is 0 Å². The van der Waals surface area contributed by atoms with E-state index in [-0.39, 0.29) is 5.78 Å². The molecule has 23 heavy (non-hydrogen) atoms. The normalized spacial score (nSPS) is 10.0. The first-order valence-corrected chi connectivity index (χ1v) is 7.36. The molecule has 0 aliphatic heterocycles. The third-order valence-corrected chi connectivity index (χ3v) is 3.53. The summed E-state index contributed by atoms with van der Waals surface area (Å²) in [7, 11) is 0. The lowest BCUT2D eigenvalue weighted by Gasteiger charge is -2.08. The molecule has 0 aliphatic carbocycles. The molecule has 2 heterocycles. The van der Waals surface area contributed by atoms with Crippen molar-refractivity contribution in [2.24, 2.45) is 0 Å². The molecule has 0 radical (unpaired) electrons. The second-order valence-electron chi connectivity index (χ2n) is 5.33. The number of ketones is 1. The van der Waals surface area contributed by atoms with Crippen molar-refractivity contribution in [1.29, 1.82) is 0 Å². The highest BCUT2D eigenvalue weighted by atomic mass is 16.1. The van der Waals surface area contributed by atoms with Crippen LogP contribution in [0.4, 0.5) is 0 Å². The number of benzene rings is 1. The van der Waals surface area contributed by atoms with E-state index in [9.17, 15) is 4.79 Å². The zero-order chi connectivity index (χ0) is 16.2. The standard InChI is InChI=1S/C20H16N2O/c1-15-5-3-6-17(13-15)8-9-18-14-21-11-10-20(18)22-12-4-7-19(22)16(2)23/h3-7,10-14H,1-2H3. The number of nitrogens with zero attached hydrogens (tertiary/aromatic N) is 2. The largest absolute Gasteiger partial charge is 0.313 e. The number of Topliss-reactive ketones (excluding diaryl/α,β-unsaturated/α-hetero) is 1. The van der Waals surface area contributed by atoms with Crippen molar-refractivity contribution in [3.63, 3.8) is 0 Å². The topological polar surface area (TPSA) is 34.9 Å². The first-order valence-electron chi connectivity index (χ1n) is 7.36. The molecule has 0 saturated heterocycles. The lowest BCUT2D eigenvalue weighted by Crippen LogP contribution is -2.05. The maximum Gasteiger partial charge on any atom is 0.176 e. The maximum atomic E-state index is 11.8. The number of hydrogen-bond donors (Lipinski definition) is 0. The molecule has 3 heteroatoms. The third-order valence-electron chi connectivity index (χ3n) is 3.53. The average molecular weight is 300 g/mol. The predicted molar refractivity (Wildman–Crippen MR) is 90.7 cm³/mol. The van der Waals surface area contributed by atoms with Gasteiger partial charge >= 0.3 is 0 Å². The molecule has 0 N–H and O–H groups in total. The van der Waals surface area contributed by atoms with Crippen molar-refractivity contribution in [2.45, 2.75) is 13.8 Å². The van der Waals surface area contributed by atoms with Crippen molar-refractivity contribution < 1.29 is 4.79 Å². The van der Waals surface area contributed by atoms with Gasteiger partial charge in [0.05, 0.1) is 16.9 Å². The van der Waals surface area contributed by atoms with Crippen LogP contribution in [-0.4, -0.2) is 15.3 Å². The highest BCUT2D eigenvalue weighted by Crippen LogP contribution is 2.16. The van der Waals surface area contributed by atoms with Gasteiger partial charge in [-0.3, -0.25) is 9.78 Å². The predicted octanol–water partition coefficient (Wildman–Crippen LogP) is 3.78. The Morgan fingerprint density at radius 1 is 1.13 bits per heavy atom. The van der Waals surface area contributed by atoms with Crippen LogP contribution in [0, 0.1) is 18.8 Å². The third kappa shape index (κ3) is 3.22. The van der Waals surface area contributed by atoms with Crippen LogP contribution in [-0.2, 0) is 0 Å². The molecule has 0 bridgehead atoms. The molecule has 0 atom stereocenters. The van der Waals surface area contributed by atoms with E-state index in [1.54, 1.807) is 25.4 Å². The van der Waals surface area contributed by atoms with E-state index >= 15 is 0 Å². The Bertz CT molecular complexity index is 926. The smallest absolute Gasteiger partial charge is 0.176 e. The van der Waals surface area contributed by atoms with Gasteiger partial charge in [0.1, 0.15) is 0 Å². The van der Waals surface area contributed by atoms with E-state index in [2.05, 4.69) is 16.8 Å². The summed E-state index contributed by atoms with van der Waals surface area (Å²) < 4.78 is 1.85. The fourth-order valence-electron chi connectivity index (χ4n) is 2.43. The van der Waals surface area contributed by atoms with Crippen LogP contribution < -0.4 is 0 Å². The van der Waals surface area contributed by atoms with Crippen LogP contribution in [0.1, 0.15) is 34.1 Å². The molecule has 0 spiro atoms. The Labute approximate surface area is 135 Å². The van der Waals surface area contributed by atoms with Gasteiger partial charge in [0.25, 0.3) is 0 Å². The average Bonchev–Trinajstić information content (AvgIpc) is 3.03. The molecule has 3 rings (SSSR count). The van der Waals surface area contributed by atoms with Gasteiger partial charge < -0.3 is 4.57 Å². The van der Waals surface area contributed by atoms with Gasteiger partial charge in [-0.1, -0.05) is 24.0 Å². The minimum absolute atomic E-state index is 0.0180. The number of carbonyl (C=O) groups is 1. The van der Waals surface area contributed by atoms with Crippen molar-refractivity contribution in [3.8, 4) is 17.5 Å². The Morgan fingerprint density at radius 3 is 2.78 bits per heavy atom. The first-order chi connectivity index (χ1) is 11.1. The van der Waals surface area contributed by atoms with Crippen molar-refractivity contribution >= 4 is 5.78 Å². The van der Waals surface area contributed by atoms with Crippen LogP contribution in [0.3, 0.4) is 0 Å². The number of aromatic nitrogens is 2. The molecule has 0 aliphatic rings. The zero-order valence-corrected chi connectivity index (χ0v) is 13.1. The van der Waals surface area contributed by atoms with Gasteiger partial charge in [-0.05, 0) is 42.8 Å². The lowest BCUT2D eigenvalue weighted by atomic mass is 10.1. The van der Waals surface area contributed by atoms with Crippen LogP contribution in [0.5, 0.6) is 0 Å². The van der Waals surface area contributed by atoms with Crippen molar-refractivity contribution in [3.05, 3.63) is 83.4 Å². The highest BCUT2D eigenvalue weighted by molar-refractivity contribution is 5.93. The molecule has 0 unspecified atom stereocenters. The maximum absolute atomic E-state index is 11.8. The van der Waals surface area contributed by atoms with Crippen LogP contribution in [0.15, 0.2) is 61.1 Å². The van der Waals surface area contributed by atoms with Crippen LogP contribution in [0.25, 0.3) is 5.69 Å². The molecule has 3 aromatic rings. The van der Waals surface area contributed by atoms with Gasteiger partial charge in [-0.25, -0.2) is 0 Å². The lowest BCUT2D eigenvalue weighted by molar-refractivity contribution is 0.101. The van der Waals surface area contributed by atoms with Gasteiger partial charge in [-0.15, -0.1) is 0 Å². The molecular formula is C20H16N2O. The fourth-order valence-corrected chi connectivity index (χ4v) is 2.43. The summed E-state index contributed by atoms with van der Waals surface area (Å²) in [4.78, 5) is 15.9. The minimum Gasteiger partial charge on any atom is -0.313 e. The quantitative estimate of drug-likeness (QED) is 0.533. The summed E-state index contributed by atoms with van der Waals surface area (Å²) in [5.41, 5.74) is 4.41. The summed E-state index contributed by atoms with van der Waals surface area (Å²) >= 11 is 0. The molecule has 1 aromatic carbocycles. The Kier molecular flexibility index (Phi) is 4.07. The Morgan fingerprint density at radius 2 is 2.00 bits per heavy atom. The second-order valence-corrected chi connectivity index (χ2v) is 5.33. The SMILES string of the molecule is CC(=O)c1cccn1-c1ccncc1C#Cc1cccc(C)c1. The summed E-state index contributed by atoms with van der Waals surface area (Å²) in [6, 6.07) is 13.6. The summed E-state index contributed by atoms with van der Waals surface area (Å²) in [5, 5.41) is 0. The molecule has 0 fully saturated rings. The summed E-state index contributed by atoms with van der Waals surface area (Å²) in [6.45, 7) is 3.60. The van der Waals surface area contributed by atoms with Crippen LogP contribution in [0.2, 0.25) is 0 Å².